The van der Waals surface area contributed by atoms with Crippen molar-refractivity contribution in [2.45, 2.75) is 6.18 Å². The molecule has 1 aromatic carbocycles. The number of rotatable bonds is 2. The second-order valence-corrected chi connectivity index (χ2v) is 3.08. The van der Waals surface area contributed by atoms with Crippen LogP contribution in [0.1, 0.15) is 31.8 Å². The lowest BCUT2D eigenvalue weighted by Gasteiger charge is -2.12. The van der Waals surface area contributed by atoms with Crippen molar-refractivity contribution in [1.29, 1.82) is 5.26 Å². The van der Waals surface area contributed by atoms with E-state index in [9.17, 15) is 22.8 Å². The Bertz CT molecular complexity index is 530. The predicted molar refractivity (Wildman–Crippen MR) is 50.1 cm³/mol. The van der Waals surface area contributed by atoms with Crippen LogP contribution >= 0.6 is 0 Å². The Hall–Kier alpha value is -2.36. The monoisotopic (exact) mass is 242 g/mol. The zero-order valence-corrected chi connectivity index (χ0v) is 8.21. The van der Waals surface area contributed by atoms with Gasteiger partial charge in [0.1, 0.15) is 0 Å². The molecule has 0 saturated carbocycles. The molecule has 1 aromatic rings. The maximum atomic E-state index is 12.6. The minimum atomic E-state index is -4.84. The van der Waals surface area contributed by atoms with Gasteiger partial charge in [0.2, 0.25) is 5.91 Å². The highest BCUT2D eigenvalue weighted by Gasteiger charge is 2.35. The van der Waals surface area contributed by atoms with Crippen LogP contribution in [0.3, 0.4) is 0 Å². The Labute approximate surface area is 93.4 Å². The molecule has 0 aromatic heterocycles. The summed E-state index contributed by atoms with van der Waals surface area (Å²) in [5, 5.41) is 8.54. The van der Waals surface area contributed by atoms with Gasteiger partial charge in [-0.05, 0) is 12.1 Å². The first kappa shape index (κ1) is 12.7. The number of primary amides is 1. The Morgan fingerprint density at radius 3 is 2.35 bits per heavy atom. The number of nitrogens with two attached hydrogens (primary N) is 1. The van der Waals surface area contributed by atoms with E-state index in [0.29, 0.717) is 6.07 Å². The van der Waals surface area contributed by atoms with E-state index in [4.69, 9.17) is 11.0 Å². The van der Waals surface area contributed by atoms with Gasteiger partial charge in [0.25, 0.3) is 0 Å². The summed E-state index contributed by atoms with van der Waals surface area (Å²) in [6.07, 6.45) is -4.95. The molecule has 7 heteroatoms. The van der Waals surface area contributed by atoms with Crippen molar-refractivity contribution in [3.63, 3.8) is 0 Å². The number of benzene rings is 1. The van der Waals surface area contributed by atoms with Crippen LogP contribution in [-0.2, 0) is 6.18 Å². The molecular formula is C10H5F3N2O2. The Kier molecular flexibility index (Phi) is 3.18. The standard InChI is InChI=1S/C10H5F3N2O2/c11-10(12,13)8-2-5(3-14)1-6(9(15)17)7(8)4-16/h1-2,4H,(H2,15,17). The van der Waals surface area contributed by atoms with Gasteiger partial charge in [0.05, 0.1) is 22.8 Å². The highest BCUT2D eigenvalue weighted by atomic mass is 19.4. The van der Waals surface area contributed by atoms with Crippen molar-refractivity contribution in [2.24, 2.45) is 5.73 Å². The maximum absolute atomic E-state index is 12.6. The number of nitrogens with zero attached hydrogens (tertiary/aromatic N) is 1. The molecule has 4 nitrogen and oxygen atoms in total. The normalized spacial score (nSPS) is 10.7. The fraction of sp³-hybridized carbons (Fsp3) is 0.100. The first-order chi connectivity index (χ1) is 7.81. The summed E-state index contributed by atoms with van der Waals surface area (Å²) in [4.78, 5) is 21.5. The topological polar surface area (TPSA) is 83.9 Å². The second kappa shape index (κ2) is 4.25. The summed E-state index contributed by atoms with van der Waals surface area (Å²) >= 11 is 0. The summed E-state index contributed by atoms with van der Waals surface area (Å²) in [5.41, 5.74) is 1.64. The third kappa shape index (κ3) is 2.42. The number of hydrogen-bond acceptors (Lipinski definition) is 3. The molecule has 0 bridgehead atoms. The molecule has 0 atom stereocenters. The van der Waals surface area contributed by atoms with Crippen molar-refractivity contribution in [3.05, 3.63) is 34.4 Å². The Morgan fingerprint density at radius 2 is 2.00 bits per heavy atom. The average Bonchev–Trinajstić information content (AvgIpc) is 2.25. The van der Waals surface area contributed by atoms with Gasteiger partial charge in [-0.2, -0.15) is 18.4 Å². The van der Waals surface area contributed by atoms with E-state index >= 15 is 0 Å². The summed E-state index contributed by atoms with van der Waals surface area (Å²) in [7, 11) is 0. The molecule has 88 valence electrons. The fourth-order valence-electron chi connectivity index (χ4n) is 1.28. The fourth-order valence-corrected chi connectivity index (χ4v) is 1.28. The lowest BCUT2D eigenvalue weighted by Crippen LogP contribution is -2.18. The van der Waals surface area contributed by atoms with Crippen LogP contribution in [0.25, 0.3) is 0 Å². The van der Waals surface area contributed by atoms with Crippen molar-refractivity contribution in [1.82, 2.24) is 0 Å². The summed E-state index contributed by atoms with van der Waals surface area (Å²) in [5.74, 6) is -1.20. The highest BCUT2D eigenvalue weighted by Crippen LogP contribution is 2.33. The number of aldehydes is 1. The number of carbonyl (C=O) groups excluding carboxylic acids is 2. The lowest BCUT2D eigenvalue weighted by atomic mass is 9.98. The van der Waals surface area contributed by atoms with Crippen LogP contribution in [0.2, 0.25) is 0 Å². The van der Waals surface area contributed by atoms with Gasteiger partial charge in [0, 0.05) is 5.56 Å². The quantitative estimate of drug-likeness (QED) is 0.797. The molecule has 0 aliphatic rings. The van der Waals surface area contributed by atoms with E-state index < -0.39 is 34.3 Å². The van der Waals surface area contributed by atoms with Gasteiger partial charge in [-0.25, -0.2) is 0 Å². The number of alkyl halides is 3. The van der Waals surface area contributed by atoms with Crippen molar-refractivity contribution >= 4 is 12.2 Å². The minimum Gasteiger partial charge on any atom is -0.366 e. The van der Waals surface area contributed by atoms with Crippen LogP contribution in [0.15, 0.2) is 12.1 Å². The van der Waals surface area contributed by atoms with E-state index in [2.05, 4.69) is 0 Å². The van der Waals surface area contributed by atoms with Gasteiger partial charge < -0.3 is 5.73 Å². The molecule has 17 heavy (non-hydrogen) atoms. The van der Waals surface area contributed by atoms with Crippen molar-refractivity contribution in [3.8, 4) is 6.07 Å². The van der Waals surface area contributed by atoms with Crippen molar-refractivity contribution < 1.29 is 22.8 Å². The first-order valence-corrected chi connectivity index (χ1v) is 4.21. The molecule has 0 heterocycles. The van der Waals surface area contributed by atoms with E-state index in [1.807, 2.05) is 0 Å². The Morgan fingerprint density at radius 1 is 1.41 bits per heavy atom. The van der Waals surface area contributed by atoms with Gasteiger partial charge >= 0.3 is 6.18 Å². The summed E-state index contributed by atoms with van der Waals surface area (Å²) in [6.45, 7) is 0. The second-order valence-electron chi connectivity index (χ2n) is 3.08. The molecule has 2 N–H and O–H groups in total. The number of hydrogen-bond donors (Lipinski definition) is 1. The molecule has 0 spiro atoms. The molecule has 1 rings (SSSR count). The number of nitriles is 1. The van der Waals surface area contributed by atoms with Crippen molar-refractivity contribution in [2.75, 3.05) is 0 Å². The van der Waals surface area contributed by atoms with Gasteiger partial charge in [-0.3, -0.25) is 9.59 Å². The predicted octanol–water partition coefficient (Wildman–Crippen LogP) is 1.49. The summed E-state index contributed by atoms with van der Waals surface area (Å²) < 4.78 is 37.7. The van der Waals surface area contributed by atoms with Gasteiger partial charge in [0.15, 0.2) is 6.29 Å². The summed E-state index contributed by atoms with van der Waals surface area (Å²) in [6, 6.07) is 2.81. The highest BCUT2D eigenvalue weighted by molar-refractivity contribution is 6.01. The largest absolute Gasteiger partial charge is 0.417 e. The number of carbonyl (C=O) groups is 2. The average molecular weight is 242 g/mol. The lowest BCUT2D eigenvalue weighted by molar-refractivity contribution is -0.137. The van der Waals surface area contributed by atoms with Gasteiger partial charge in [-0.15, -0.1) is 0 Å². The van der Waals surface area contributed by atoms with Crippen LogP contribution in [0, 0.1) is 11.3 Å². The van der Waals surface area contributed by atoms with Crippen LogP contribution < -0.4 is 5.73 Å². The molecule has 0 aliphatic carbocycles. The van der Waals surface area contributed by atoms with Crippen LogP contribution in [0.4, 0.5) is 13.2 Å². The molecule has 1 amide bonds. The third-order valence-corrected chi connectivity index (χ3v) is 2.00. The minimum absolute atomic E-state index is 0.107. The maximum Gasteiger partial charge on any atom is 0.417 e. The molecule has 0 saturated heterocycles. The SMILES string of the molecule is N#Cc1cc(C(N)=O)c(C=O)c(C(F)(F)F)c1. The van der Waals surface area contributed by atoms with Gasteiger partial charge in [-0.1, -0.05) is 0 Å². The Balaban J connectivity index is 3.70. The molecule has 0 fully saturated rings. The number of halogens is 3. The van der Waals surface area contributed by atoms with Crippen LogP contribution in [0.5, 0.6) is 0 Å². The number of amides is 1. The van der Waals surface area contributed by atoms with E-state index in [1.165, 1.54) is 6.07 Å². The van der Waals surface area contributed by atoms with E-state index in [-0.39, 0.29) is 6.29 Å². The molecule has 0 unspecified atom stereocenters. The van der Waals surface area contributed by atoms with E-state index in [0.717, 1.165) is 6.07 Å². The zero-order chi connectivity index (χ0) is 13.2. The van der Waals surface area contributed by atoms with Crippen LogP contribution in [-0.4, -0.2) is 12.2 Å². The molecular weight excluding hydrogens is 237 g/mol. The van der Waals surface area contributed by atoms with E-state index in [1.54, 1.807) is 0 Å². The zero-order valence-electron chi connectivity index (χ0n) is 8.21. The molecule has 0 aliphatic heterocycles. The smallest absolute Gasteiger partial charge is 0.366 e. The first-order valence-electron chi connectivity index (χ1n) is 4.21. The third-order valence-electron chi connectivity index (χ3n) is 2.00. The molecule has 0 radical (unpaired) electrons.